The molecule has 1 aliphatic heterocycles. The zero-order valence-electron chi connectivity index (χ0n) is 20.5. The summed E-state index contributed by atoms with van der Waals surface area (Å²) in [5.41, 5.74) is 1.63. The first kappa shape index (κ1) is 27.1. The molecule has 2 aromatic rings. The molecule has 5 amide bonds. The Labute approximate surface area is 215 Å². The molecule has 10 nitrogen and oxygen atoms in total. The van der Waals surface area contributed by atoms with Gasteiger partial charge in [-0.05, 0) is 30.0 Å². The number of imide groups is 1. The number of ether oxygens (including phenoxy) is 1. The second kappa shape index (κ2) is 13.6. The number of alkyl carbamates (subject to hydrolysis) is 1. The minimum absolute atomic E-state index is 0.127. The Balaban J connectivity index is 1.56. The number of carbonyl (C=O) groups is 5. The normalized spacial score (nSPS) is 15.6. The third-order valence-corrected chi connectivity index (χ3v) is 5.82. The van der Waals surface area contributed by atoms with Crippen LogP contribution in [-0.4, -0.2) is 66.9 Å². The highest BCUT2D eigenvalue weighted by atomic mass is 16.5. The van der Waals surface area contributed by atoms with Crippen molar-refractivity contribution >= 4 is 35.8 Å². The zero-order valence-corrected chi connectivity index (χ0v) is 20.5. The fourth-order valence-electron chi connectivity index (χ4n) is 3.96. The second-order valence-electron chi connectivity index (χ2n) is 8.44. The van der Waals surface area contributed by atoms with E-state index in [9.17, 15) is 24.0 Å². The highest BCUT2D eigenvalue weighted by molar-refractivity contribution is 5.98. The fraction of sp³-hybridized carbons (Fsp3) is 0.296. The molecule has 37 heavy (non-hydrogen) atoms. The van der Waals surface area contributed by atoms with Crippen LogP contribution in [0.4, 0.5) is 4.79 Å². The summed E-state index contributed by atoms with van der Waals surface area (Å²) in [7, 11) is 1.12. The van der Waals surface area contributed by atoms with Crippen LogP contribution in [0.1, 0.15) is 24.0 Å². The average molecular weight is 507 g/mol. The van der Waals surface area contributed by atoms with Crippen molar-refractivity contribution in [2.75, 3.05) is 20.2 Å². The molecular formula is C27H30N4O6. The molecule has 1 saturated heterocycles. The summed E-state index contributed by atoms with van der Waals surface area (Å²) in [6.07, 6.45) is 3.45. The summed E-state index contributed by atoms with van der Waals surface area (Å²) in [5, 5.41) is 7.15. The van der Waals surface area contributed by atoms with Crippen molar-refractivity contribution in [1.29, 1.82) is 0 Å². The first-order chi connectivity index (χ1) is 17.9. The number of carbonyl (C=O) groups excluding carboxylic acids is 5. The Morgan fingerprint density at radius 2 is 1.70 bits per heavy atom. The van der Waals surface area contributed by atoms with Gasteiger partial charge in [0.2, 0.25) is 17.7 Å². The lowest BCUT2D eigenvalue weighted by molar-refractivity contribution is -0.136. The molecule has 0 bridgehead atoms. The molecule has 194 valence electrons. The van der Waals surface area contributed by atoms with E-state index in [4.69, 9.17) is 0 Å². The number of methoxy groups -OCH3 is 1. The topological polar surface area (TPSA) is 134 Å². The van der Waals surface area contributed by atoms with Gasteiger partial charge in [0.05, 0.1) is 13.7 Å². The predicted molar refractivity (Wildman–Crippen MR) is 136 cm³/mol. The van der Waals surface area contributed by atoms with E-state index in [1.165, 1.54) is 11.0 Å². The molecule has 0 spiro atoms. The number of rotatable bonds is 9. The standard InChI is InChI=1S/C27H30N4O6/c1-37-27(36)30-25(34)21(17-20-11-6-3-7-12-20)29-23(32)18-28-26(35)22-13-8-16-31(22)24(33)15-14-19-9-4-2-5-10-19/h2-7,9-12,14-15,21-22H,8,13,16-18H2,1H3,(H,28,35)(H,29,32)(H,30,34,36)/b15-14+/t21-,22-/m0/s1. The largest absolute Gasteiger partial charge is 0.453 e. The Kier molecular flexibility index (Phi) is 9.95. The quantitative estimate of drug-likeness (QED) is 0.441. The third-order valence-electron chi connectivity index (χ3n) is 5.82. The smallest absolute Gasteiger partial charge is 0.413 e. The molecule has 0 radical (unpaired) electrons. The van der Waals surface area contributed by atoms with Gasteiger partial charge in [0, 0.05) is 19.0 Å². The number of hydrogen-bond donors (Lipinski definition) is 3. The number of nitrogens with one attached hydrogen (secondary N) is 3. The number of likely N-dealkylation sites (tertiary alicyclic amines) is 1. The summed E-state index contributed by atoms with van der Waals surface area (Å²) in [4.78, 5) is 63.5. The van der Waals surface area contributed by atoms with Crippen molar-refractivity contribution in [1.82, 2.24) is 20.9 Å². The number of benzene rings is 2. The summed E-state index contributed by atoms with van der Waals surface area (Å²) >= 11 is 0. The number of hydrogen-bond acceptors (Lipinski definition) is 6. The molecule has 1 aliphatic rings. The number of nitrogens with zero attached hydrogens (tertiary/aromatic N) is 1. The van der Waals surface area contributed by atoms with Gasteiger partial charge in [-0.1, -0.05) is 60.7 Å². The first-order valence-electron chi connectivity index (χ1n) is 11.9. The molecule has 0 aromatic heterocycles. The van der Waals surface area contributed by atoms with Crippen molar-refractivity contribution < 1.29 is 28.7 Å². The van der Waals surface area contributed by atoms with E-state index in [-0.39, 0.29) is 12.3 Å². The van der Waals surface area contributed by atoms with Crippen molar-refractivity contribution in [3.63, 3.8) is 0 Å². The molecule has 1 heterocycles. The van der Waals surface area contributed by atoms with Gasteiger partial charge in [0.1, 0.15) is 12.1 Å². The molecule has 0 aliphatic carbocycles. The maximum atomic E-state index is 12.8. The second-order valence-corrected chi connectivity index (χ2v) is 8.44. The van der Waals surface area contributed by atoms with Gasteiger partial charge in [-0.3, -0.25) is 24.5 Å². The molecule has 3 N–H and O–H groups in total. The number of amides is 5. The monoisotopic (exact) mass is 506 g/mol. The van der Waals surface area contributed by atoms with E-state index >= 15 is 0 Å². The van der Waals surface area contributed by atoms with Crippen molar-refractivity contribution in [3.05, 3.63) is 77.9 Å². The van der Waals surface area contributed by atoms with Gasteiger partial charge in [-0.15, -0.1) is 0 Å². The molecule has 0 unspecified atom stereocenters. The summed E-state index contributed by atoms with van der Waals surface area (Å²) in [6.45, 7) is 0.0447. The van der Waals surface area contributed by atoms with Crippen LogP contribution in [0.2, 0.25) is 0 Å². The zero-order chi connectivity index (χ0) is 26.6. The van der Waals surface area contributed by atoms with Gasteiger partial charge in [-0.2, -0.15) is 0 Å². The summed E-state index contributed by atoms with van der Waals surface area (Å²) in [5.74, 6) is -2.09. The predicted octanol–water partition coefficient (Wildman–Crippen LogP) is 1.42. The van der Waals surface area contributed by atoms with E-state index in [0.717, 1.165) is 18.2 Å². The van der Waals surface area contributed by atoms with Gasteiger partial charge < -0.3 is 20.3 Å². The lowest BCUT2D eigenvalue weighted by Gasteiger charge is -2.23. The highest BCUT2D eigenvalue weighted by Gasteiger charge is 2.33. The lowest BCUT2D eigenvalue weighted by atomic mass is 10.1. The summed E-state index contributed by atoms with van der Waals surface area (Å²) < 4.78 is 4.46. The van der Waals surface area contributed by atoms with E-state index in [2.05, 4.69) is 20.7 Å². The maximum absolute atomic E-state index is 12.8. The lowest BCUT2D eigenvalue weighted by Crippen LogP contribution is -2.53. The minimum Gasteiger partial charge on any atom is -0.453 e. The Hall–Kier alpha value is -4.47. The van der Waals surface area contributed by atoms with Gasteiger partial charge in [0.25, 0.3) is 5.91 Å². The van der Waals surface area contributed by atoms with E-state index in [1.54, 1.807) is 30.3 Å². The van der Waals surface area contributed by atoms with Crippen molar-refractivity contribution in [2.24, 2.45) is 0 Å². The van der Waals surface area contributed by atoms with Crippen LogP contribution >= 0.6 is 0 Å². The SMILES string of the molecule is COC(=O)NC(=O)[C@H](Cc1ccccc1)NC(=O)CNC(=O)[C@@H]1CCCN1C(=O)/C=C/c1ccccc1. The van der Waals surface area contributed by atoms with E-state index < -0.39 is 42.4 Å². The van der Waals surface area contributed by atoms with Crippen LogP contribution in [0.5, 0.6) is 0 Å². The molecule has 2 aromatic carbocycles. The minimum atomic E-state index is -1.07. The average Bonchev–Trinajstić information content (AvgIpc) is 3.41. The first-order valence-corrected chi connectivity index (χ1v) is 11.9. The van der Waals surface area contributed by atoms with E-state index in [0.29, 0.717) is 19.4 Å². The Bertz CT molecular complexity index is 1140. The molecule has 3 rings (SSSR count). The molecule has 0 saturated carbocycles. The molecule has 1 fully saturated rings. The van der Waals surface area contributed by atoms with Crippen molar-refractivity contribution in [3.8, 4) is 0 Å². The summed E-state index contributed by atoms with van der Waals surface area (Å²) in [6, 6.07) is 16.5. The fourth-order valence-corrected chi connectivity index (χ4v) is 3.96. The maximum Gasteiger partial charge on any atom is 0.413 e. The Morgan fingerprint density at radius 1 is 1.03 bits per heavy atom. The van der Waals surface area contributed by atoms with Crippen LogP contribution < -0.4 is 16.0 Å². The van der Waals surface area contributed by atoms with E-state index in [1.807, 2.05) is 36.4 Å². The molecular weight excluding hydrogens is 476 g/mol. The van der Waals surface area contributed by atoms with Gasteiger partial charge in [-0.25, -0.2) is 4.79 Å². The van der Waals surface area contributed by atoms with Crippen molar-refractivity contribution in [2.45, 2.75) is 31.3 Å². The van der Waals surface area contributed by atoms with Crippen LogP contribution in [-0.2, 0) is 30.3 Å². The van der Waals surface area contributed by atoms with Crippen LogP contribution in [0.15, 0.2) is 66.7 Å². The molecule has 10 heteroatoms. The van der Waals surface area contributed by atoms with Gasteiger partial charge in [0.15, 0.2) is 0 Å². The molecule has 2 atom stereocenters. The Morgan fingerprint density at radius 3 is 2.38 bits per heavy atom. The van der Waals surface area contributed by atoms with Crippen LogP contribution in [0, 0.1) is 0 Å². The van der Waals surface area contributed by atoms with Gasteiger partial charge >= 0.3 is 6.09 Å². The van der Waals surface area contributed by atoms with Crippen LogP contribution in [0.3, 0.4) is 0 Å². The highest BCUT2D eigenvalue weighted by Crippen LogP contribution is 2.18. The third kappa shape index (κ3) is 8.31. The van der Waals surface area contributed by atoms with Crippen LogP contribution in [0.25, 0.3) is 6.08 Å².